The standard InChI is InChI=1S/C21H27N3O/c25-21(10-5-18-3-1-2-4-20(18)21)16-23-19-8-13-24(14-9-19)15-17-6-11-22-12-7-17/h1-4,6-7,11-12,19,23,25H,5,8-10,13-16H2/t21-/m0/s1. The van der Waals surface area contributed by atoms with E-state index in [4.69, 9.17) is 0 Å². The summed E-state index contributed by atoms with van der Waals surface area (Å²) in [7, 11) is 0. The second kappa shape index (κ2) is 7.24. The zero-order chi connectivity index (χ0) is 17.1. The zero-order valence-corrected chi connectivity index (χ0v) is 14.7. The van der Waals surface area contributed by atoms with Gasteiger partial charge in [-0.2, -0.15) is 0 Å². The minimum Gasteiger partial charge on any atom is -0.384 e. The van der Waals surface area contributed by atoms with Crippen LogP contribution in [-0.4, -0.2) is 40.7 Å². The smallest absolute Gasteiger partial charge is 0.103 e. The topological polar surface area (TPSA) is 48.4 Å². The summed E-state index contributed by atoms with van der Waals surface area (Å²) in [5, 5.41) is 14.7. The first-order valence-electron chi connectivity index (χ1n) is 9.38. The average Bonchev–Trinajstić information content (AvgIpc) is 3.00. The van der Waals surface area contributed by atoms with Crippen LogP contribution in [0.3, 0.4) is 0 Å². The lowest BCUT2D eigenvalue weighted by atomic mass is 9.94. The Labute approximate surface area is 149 Å². The molecule has 0 radical (unpaired) electrons. The van der Waals surface area contributed by atoms with Gasteiger partial charge in [-0.3, -0.25) is 9.88 Å². The van der Waals surface area contributed by atoms with Gasteiger partial charge in [-0.1, -0.05) is 24.3 Å². The van der Waals surface area contributed by atoms with Gasteiger partial charge in [0.05, 0.1) is 0 Å². The molecule has 0 bridgehead atoms. The predicted octanol–water partition coefficient (Wildman–Crippen LogP) is 2.47. The lowest BCUT2D eigenvalue weighted by Gasteiger charge is -2.34. The number of benzene rings is 1. The molecule has 2 aromatic rings. The Morgan fingerprint density at radius 3 is 2.68 bits per heavy atom. The van der Waals surface area contributed by atoms with Crippen molar-refractivity contribution in [3.8, 4) is 0 Å². The summed E-state index contributed by atoms with van der Waals surface area (Å²) >= 11 is 0. The number of aromatic nitrogens is 1. The van der Waals surface area contributed by atoms with Crippen molar-refractivity contribution in [1.29, 1.82) is 0 Å². The van der Waals surface area contributed by atoms with Gasteiger partial charge in [-0.15, -0.1) is 0 Å². The van der Waals surface area contributed by atoms with E-state index >= 15 is 0 Å². The molecule has 1 saturated heterocycles. The second-order valence-corrected chi connectivity index (χ2v) is 7.48. The minimum atomic E-state index is -0.690. The van der Waals surface area contributed by atoms with Gasteiger partial charge in [0, 0.05) is 31.5 Å². The maximum absolute atomic E-state index is 11.0. The zero-order valence-electron chi connectivity index (χ0n) is 14.7. The van der Waals surface area contributed by atoms with E-state index in [1.807, 2.05) is 18.5 Å². The van der Waals surface area contributed by atoms with Crippen molar-refractivity contribution in [2.45, 2.75) is 43.9 Å². The Morgan fingerprint density at radius 2 is 1.88 bits per heavy atom. The number of pyridine rings is 1. The molecule has 1 aromatic carbocycles. The van der Waals surface area contributed by atoms with Crippen molar-refractivity contribution in [3.05, 3.63) is 65.5 Å². The Bertz CT molecular complexity index is 697. The minimum absolute atomic E-state index is 0.505. The first-order chi connectivity index (χ1) is 12.2. The largest absolute Gasteiger partial charge is 0.384 e. The van der Waals surface area contributed by atoms with E-state index in [1.54, 1.807) is 0 Å². The van der Waals surface area contributed by atoms with E-state index in [1.165, 1.54) is 11.1 Å². The molecular weight excluding hydrogens is 310 g/mol. The molecule has 4 rings (SSSR count). The molecule has 1 aromatic heterocycles. The molecule has 2 N–H and O–H groups in total. The summed E-state index contributed by atoms with van der Waals surface area (Å²) in [6.45, 7) is 3.88. The summed E-state index contributed by atoms with van der Waals surface area (Å²) < 4.78 is 0. The molecule has 0 unspecified atom stereocenters. The van der Waals surface area contributed by atoms with Gasteiger partial charge < -0.3 is 10.4 Å². The summed E-state index contributed by atoms with van der Waals surface area (Å²) in [6, 6.07) is 13.0. The number of hydrogen-bond donors (Lipinski definition) is 2. The molecule has 25 heavy (non-hydrogen) atoms. The number of nitrogens with one attached hydrogen (secondary N) is 1. The third-order valence-electron chi connectivity index (χ3n) is 5.75. The van der Waals surface area contributed by atoms with E-state index in [-0.39, 0.29) is 0 Å². The molecular formula is C21H27N3O. The van der Waals surface area contributed by atoms with Crippen LogP contribution < -0.4 is 5.32 Å². The number of rotatable bonds is 5. The molecule has 0 amide bonds. The lowest BCUT2D eigenvalue weighted by Crippen LogP contribution is -2.46. The average molecular weight is 337 g/mol. The van der Waals surface area contributed by atoms with Crippen molar-refractivity contribution >= 4 is 0 Å². The first-order valence-corrected chi connectivity index (χ1v) is 9.38. The number of fused-ring (bicyclic) bond motifs is 1. The number of aliphatic hydroxyl groups is 1. The predicted molar refractivity (Wildman–Crippen MR) is 99.2 cm³/mol. The molecule has 2 heterocycles. The SMILES string of the molecule is O[C@]1(CNC2CCN(Cc3ccncc3)CC2)CCc2ccccc21. The van der Waals surface area contributed by atoms with Gasteiger partial charge in [-0.25, -0.2) is 0 Å². The van der Waals surface area contributed by atoms with Crippen molar-refractivity contribution in [3.63, 3.8) is 0 Å². The van der Waals surface area contributed by atoms with E-state index in [0.717, 1.165) is 50.9 Å². The van der Waals surface area contributed by atoms with Crippen LogP contribution in [0.2, 0.25) is 0 Å². The number of aryl methyl sites for hydroxylation is 1. The number of nitrogens with zero attached hydrogens (tertiary/aromatic N) is 2. The van der Waals surface area contributed by atoms with Gasteiger partial charge in [0.25, 0.3) is 0 Å². The molecule has 1 atom stereocenters. The van der Waals surface area contributed by atoms with Crippen LogP contribution in [0.4, 0.5) is 0 Å². The molecule has 1 fully saturated rings. The highest BCUT2D eigenvalue weighted by Crippen LogP contribution is 2.36. The van der Waals surface area contributed by atoms with Gasteiger partial charge in [0.15, 0.2) is 0 Å². The van der Waals surface area contributed by atoms with E-state index in [2.05, 4.69) is 45.5 Å². The number of likely N-dealkylation sites (tertiary alicyclic amines) is 1. The van der Waals surface area contributed by atoms with Crippen LogP contribution in [0.25, 0.3) is 0 Å². The highest BCUT2D eigenvalue weighted by Gasteiger charge is 2.36. The molecule has 1 aliphatic carbocycles. The van der Waals surface area contributed by atoms with Crippen LogP contribution in [0.15, 0.2) is 48.8 Å². The van der Waals surface area contributed by atoms with Crippen LogP contribution in [-0.2, 0) is 18.6 Å². The normalized spacial score (nSPS) is 24.4. The third-order valence-corrected chi connectivity index (χ3v) is 5.75. The van der Waals surface area contributed by atoms with Gasteiger partial charge in [-0.05, 0) is 67.6 Å². The van der Waals surface area contributed by atoms with Gasteiger partial charge in [0.1, 0.15) is 5.60 Å². The molecule has 2 aliphatic rings. The molecule has 4 heteroatoms. The third kappa shape index (κ3) is 3.76. The van der Waals surface area contributed by atoms with E-state index in [9.17, 15) is 5.11 Å². The summed E-state index contributed by atoms with van der Waals surface area (Å²) in [6.07, 6.45) is 7.83. The van der Waals surface area contributed by atoms with Crippen LogP contribution in [0.5, 0.6) is 0 Å². The van der Waals surface area contributed by atoms with E-state index < -0.39 is 5.60 Å². The fourth-order valence-electron chi connectivity index (χ4n) is 4.21. The van der Waals surface area contributed by atoms with Crippen molar-refractivity contribution in [1.82, 2.24) is 15.2 Å². The number of hydrogen-bond acceptors (Lipinski definition) is 4. The summed E-state index contributed by atoms with van der Waals surface area (Å²) in [5.41, 5.74) is 3.07. The monoisotopic (exact) mass is 337 g/mol. The van der Waals surface area contributed by atoms with Crippen LogP contribution >= 0.6 is 0 Å². The van der Waals surface area contributed by atoms with E-state index in [0.29, 0.717) is 12.6 Å². The second-order valence-electron chi connectivity index (χ2n) is 7.48. The fraction of sp³-hybridized carbons (Fsp3) is 0.476. The van der Waals surface area contributed by atoms with Gasteiger partial charge >= 0.3 is 0 Å². The van der Waals surface area contributed by atoms with Crippen molar-refractivity contribution in [2.24, 2.45) is 0 Å². The highest BCUT2D eigenvalue weighted by atomic mass is 16.3. The summed E-state index contributed by atoms with van der Waals surface area (Å²) in [4.78, 5) is 6.59. The molecule has 1 aliphatic heterocycles. The molecule has 4 nitrogen and oxygen atoms in total. The Kier molecular flexibility index (Phi) is 4.84. The maximum Gasteiger partial charge on any atom is 0.103 e. The van der Waals surface area contributed by atoms with Crippen LogP contribution in [0.1, 0.15) is 36.0 Å². The maximum atomic E-state index is 11.0. The Balaban J connectivity index is 1.27. The molecule has 0 saturated carbocycles. The highest BCUT2D eigenvalue weighted by molar-refractivity contribution is 5.37. The van der Waals surface area contributed by atoms with Crippen molar-refractivity contribution < 1.29 is 5.11 Å². The first kappa shape index (κ1) is 16.7. The number of piperidine rings is 1. The summed E-state index contributed by atoms with van der Waals surface area (Å²) in [5.74, 6) is 0. The fourth-order valence-corrected chi connectivity index (χ4v) is 4.21. The Hall–Kier alpha value is -1.75. The molecule has 0 spiro atoms. The Morgan fingerprint density at radius 1 is 1.12 bits per heavy atom. The van der Waals surface area contributed by atoms with Crippen molar-refractivity contribution in [2.75, 3.05) is 19.6 Å². The van der Waals surface area contributed by atoms with Gasteiger partial charge in [0.2, 0.25) is 0 Å². The van der Waals surface area contributed by atoms with Crippen LogP contribution in [0, 0.1) is 0 Å². The lowest BCUT2D eigenvalue weighted by molar-refractivity contribution is 0.0327. The quantitative estimate of drug-likeness (QED) is 0.880. The molecule has 132 valence electrons.